The lowest BCUT2D eigenvalue weighted by atomic mass is 10.1. The number of furan rings is 1. The van der Waals surface area contributed by atoms with Crippen molar-refractivity contribution in [3.63, 3.8) is 0 Å². The third-order valence-electron chi connectivity index (χ3n) is 4.42. The molecule has 0 radical (unpaired) electrons. The highest BCUT2D eigenvalue weighted by Crippen LogP contribution is 2.20. The van der Waals surface area contributed by atoms with Crippen LogP contribution in [0.15, 0.2) is 47.1 Å². The fourth-order valence-electron chi connectivity index (χ4n) is 2.92. The molecule has 1 aromatic carbocycles. The van der Waals surface area contributed by atoms with E-state index in [2.05, 4.69) is 0 Å². The average molecular weight is 432 g/mol. The molecule has 166 valence electrons. The predicted octanol–water partition coefficient (Wildman–Crippen LogP) is 1.47. The molecule has 10 heteroatoms. The molecule has 0 aliphatic carbocycles. The van der Waals surface area contributed by atoms with E-state index in [-0.39, 0.29) is 11.7 Å². The van der Waals surface area contributed by atoms with Crippen LogP contribution in [-0.4, -0.2) is 83.0 Å². The van der Waals surface area contributed by atoms with Crippen LogP contribution in [0.25, 0.3) is 0 Å². The number of hydrogen-bond acceptors (Lipinski definition) is 7. The average Bonchev–Trinajstić information content (AvgIpc) is 3.30. The quantitative estimate of drug-likeness (QED) is 0.513. The van der Waals surface area contributed by atoms with Crippen LogP contribution < -0.4 is 4.74 Å². The minimum atomic E-state index is -1.82. The summed E-state index contributed by atoms with van der Waals surface area (Å²) in [5.41, 5.74) is 0.587. The largest absolute Gasteiger partial charge is 0.493 e. The molecule has 1 aromatic heterocycles. The third kappa shape index (κ3) is 6.96. The number of benzene rings is 1. The van der Waals surface area contributed by atoms with Gasteiger partial charge in [0.25, 0.3) is 5.91 Å². The summed E-state index contributed by atoms with van der Waals surface area (Å²) in [6.07, 6.45) is 1.50. The number of piperazine rings is 1. The summed E-state index contributed by atoms with van der Waals surface area (Å²) in [5.74, 6) is -2.72. The summed E-state index contributed by atoms with van der Waals surface area (Å²) < 4.78 is 10.7. The highest BCUT2D eigenvalue weighted by atomic mass is 16.5. The minimum Gasteiger partial charge on any atom is -0.493 e. The zero-order chi connectivity index (χ0) is 22.8. The van der Waals surface area contributed by atoms with Crippen molar-refractivity contribution in [3.05, 3.63) is 54.0 Å². The lowest BCUT2D eigenvalue weighted by Crippen LogP contribution is -2.49. The first-order chi connectivity index (χ1) is 14.8. The zero-order valence-electron chi connectivity index (χ0n) is 17.0. The van der Waals surface area contributed by atoms with E-state index in [0.717, 1.165) is 0 Å². The molecule has 1 fully saturated rings. The molecule has 0 atom stereocenters. The molecule has 31 heavy (non-hydrogen) atoms. The van der Waals surface area contributed by atoms with E-state index in [4.69, 9.17) is 29.0 Å². The van der Waals surface area contributed by atoms with Crippen LogP contribution in [0.4, 0.5) is 0 Å². The van der Waals surface area contributed by atoms with Crippen molar-refractivity contribution < 1.29 is 38.5 Å². The maximum absolute atomic E-state index is 12.8. The molecule has 2 heterocycles. The number of aliphatic carboxylic acids is 2. The molecule has 1 saturated heterocycles. The van der Waals surface area contributed by atoms with Gasteiger partial charge in [-0.15, -0.1) is 0 Å². The van der Waals surface area contributed by atoms with Crippen LogP contribution in [0.5, 0.6) is 5.75 Å². The minimum absolute atomic E-state index is 0.0268. The number of Topliss-reactive ketones (excluding diaryl/α,β-unsaturated/α-hetero) is 1. The Hall–Kier alpha value is -3.66. The maximum atomic E-state index is 12.8. The first-order valence-electron chi connectivity index (χ1n) is 9.59. The maximum Gasteiger partial charge on any atom is 0.414 e. The number of hydrogen-bond donors (Lipinski definition) is 2. The number of amides is 1. The SMILES string of the molecule is CCOc1ccccc1C(=O)N1CCN(CC(=O)c2ccco2)CC1.O=C(O)C(=O)O. The number of carboxylic acid groups (broad SMARTS) is 2. The van der Waals surface area contributed by atoms with Crippen molar-refractivity contribution in [3.8, 4) is 5.75 Å². The zero-order valence-corrected chi connectivity index (χ0v) is 17.0. The van der Waals surface area contributed by atoms with Gasteiger partial charge < -0.3 is 24.3 Å². The van der Waals surface area contributed by atoms with Gasteiger partial charge in [0.2, 0.25) is 5.78 Å². The van der Waals surface area contributed by atoms with E-state index >= 15 is 0 Å². The first kappa shape index (κ1) is 23.6. The second-order valence-corrected chi connectivity index (χ2v) is 6.51. The fraction of sp³-hybridized carbons (Fsp3) is 0.333. The highest BCUT2D eigenvalue weighted by Gasteiger charge is 2.25. The summed E-state index contributed by atoms with van der Waals surface area (Å²) in [6, 6.07) is 10.7. The first-order valence-corrected chi connectivity index (χ1v) is 9.59. The number of ether oxygens (including phenoxy) is 1. The fourth-order valence-corrected chi connectivity index (χ4v) is 2.92. The van der Waals surface area contributed by atoms with Crippen molar-refractivity contribution in [1.29, 1.82) is 0 Å². The Bertz CT molecular complexity index is 890. The second kappa shape index (κ2) is 11.5. The monoisotopic (exact) mass is 432 g/mol. The molecule has 0 saturated carbocycles. The van der Waals surface area contributed by atoms with E-state index in [0.29, 0.717) is 56.4 Å². The molecule has 0 spiro atoms. The van der Waals surface area contributed by atoms with Gasteiger partial charge in [0.05, 0.1) is 25.0 Å². The van der Waals surface area contributed by atoms with Gasteiger partial charge in [0.1, 0.15) is 5.75 Å². The second-order valence-electron chi connectivity index (χ2n) is 6.51. The van der Waals surface area contributed by atoms with E-state index in [1.54, 1.807) is 18.2 Å². The normalized spacial score (nSPS) is 13.6. The summed E-state index contributed by atoms with van der Waals surface area (Å²) in [7, 11) is 0. The lowest BCUT2D eigenvalue weighted by molar-refractivity contribution is -0.159. The van der Waals surface area contributed by atoms with Gasteiger partial charge in [-0.2, -0.15) is 0 Å². The van der Waals surface area contributed by atoms with Crippen molar-refractivity contribution in [2.24, 2.45) is 0 Å². The van der Waals surface area contributed by atoms with Gasteiger partial charge in [-0.05, 0) is 31.2 Å². The molecule has 0 unspecified atom stereocenters. The van der Waals surface area contributed by atoms with Crippen LogP contribution in [0.2, 0.25) is 0 Å². The Morgan fingerprint density at radius 2 is 1.61 bits per heavy atom. The highest BCUT2D eigenvalue weighted by molar-refractivity contribution is 6.27. The Kier molecular flexibility index (Phi) is 8.77. The number of nitrogens with zero attached hydrogens (tertiary/aromatic N) is 2. The lowest BCUT2D eigenvalue weighted by Gasteiger charge is -2.34. The Morgan fingerprint density at radius 3 is 2.16 bits per heavy atom. The number of para-hydroxylation sites is 1. The number of carboxylic acids is 2. The van der Waals surface area contributed by atoms with E-state index in [9.17, 15) is 9.59 Å². The Balaban J connectivity index is 0.000000501. The number of rotatable bonds is 6. The molecule has 3 rings (SSSR count). The summed E-state index contributed by atoms with van der Waals surface area (Å²) in [6.45, 7) is 5.23. The van der Waals surface area contributed by atoms with Crippen molar-refractivity contribution >= 4 is 23.6 Å². The molecule has 2 N–H and O–H groups in total. The molecular weight excluding hydrogens is 408 g/mol. The molecule has 1 amide bonds. The summed E-state index contributed by atoms with van der Waals surface area (Å²) >= 11 is 0. The van der Waals surface area contributed by atoms with Crippen LogP contribution in [0, 0.1) is 0 Å². The summed E-state index contributed by atoms with van der Waals surface area (Å²) in [4.78, 5) is 46.9. The number of carbonyl (C=O) groups is 4. The molecule has 10 nitrogen and oxygen atoms in total. The van der Waals surface area contributed by atoms with Gasteiger partial charge in [-0.25, -0.2) is 9.59 Å². The van der Waals surface area contributed by atoms with E-state index < -0.39 is 11.9 Å². The van der Waals surface area contributed by atoms with Crippen LogP contribution in [0.3, 0.4) is 0 Å². The van der Waals surface area contributed by atoms with E-state index in [1.807, 2.05) is 34.9 Å². The number of ketones is 1. The standard InChI is InChI=1S/C19H22N2O4.C2H2O4/c1-2-24-17-7-4-3-6-15(17)19(23)21-11-9-20(10-12-21)14-16(22)18-8-5-13-25-18;3-1(4)2(5)6/h3-8,13H,2,9-12,14H2,1H3;(H,3,4)(H,5,6). The topological polar surface area (TPSA) is 138 Å². The Labute approximate surface area is 178 Å². The van der Waals surface area contributed by atoms with Crippen molar-refractivity contribution in [2.45, 2.75) is 6.92 Å². The van der Waals surface area contributed by atoms with Crippen molar-refractivity contribution in [2.75, 3.05) is 39.3 Å². The smallest absolute Gasteiger partial charge is 0.414 e. The number of carbonyl (C=O) groups excluding carboxylic acids is 2. The molecule has 0 bridgehead atoms. The Morgan fingerprint density at radius 1 is 0.968 bits per heavy atom. The summed E-state index contributed by atoms with van der Waals surface area (Å²) in [5, 5.41) is 14.8. The predicted molar refractivity (Wildman–Crippen MR) is 108 cm³/mol. The molecule has 2 aromatic rings. The van der Waals surface area contributed by atoms with Gasteiger partial charge in [-0.3, -0.25) is 14.5 Å². The van der Waals surface area contributed by atoms with Gasteiger partial charge >= 0.3 is 11.9 Å². The van der Waals surface area contributed by atoms with Crippen LogP contribution >= 0.6 is 0 Å². The van der Waals surface area contributed by atoms with Gasteiger partial charge in [0, 0.05) is 26.2 Å². The van der Waals surface area contributed by atoms with Gasteiger partial charge in [0.15, 0.2) is 5.76 Å². The molecular formula is C21H24N2O8. The molecule has 1 aliphatic heterocycles. The van der Waals surface area contributed by atoms with E-state index in [1.165, 1.54) is 6.26 Å². The van der Waals surface area contributed by atoms with Crippen LogP contribution in [-0.2, 0) is 9.59 Å². The molecule has 1 aliphatic rings. The third-order valence-corrected chi connectivity index (χ3v) is 4.42. The van der Waals surface area contributed by atoms with Crippen LogP contribution in [0.1, 0.15) is 27.8 Å². The van der Waals surface area contributed by atoms with Crippen molar-refractivity contribution in [1.82, 2.24) is 9.80 Å². The van der Waals surface area contributed by atoms with Gasteiger partial charge in [-0.1, -0.05) is 12.1 Å².